The van der Waals surface area contributed by atoms with E-state index in [2.05, 4.69) is 15.4 Å². The van der Waals surface area contributed by atoms with Gasteiger partial charge in [0.25, 0.3) is 5.91 Å². The van der Waals surface area contributed by atoms with Crippen molar-refractivity contribution in [1.29, 1.82) is 0 Å². The zero-order chi connectivity index (χ0) is 24.2. The average molecular weight is 483 g/mol. The Morgan fingerprint density at radius 2 is 1.94 bits per heavy atom. The summed E-state index contributed by atoms with van der Waals surface area (Å²) < 4.78 is 26.6. The Morgan fingerprint density at radius 1 is 1.15 bits per heavy atom. The van der Waals surface area contributed by atoms with Gasteiger partial charge in [-0.1, -0.05) is 19.1 Å². The van der Waals surface area contributed by atoms with E-state index >= 15 is 0 Å². The van der Waals surface area contributed by atoms with E-state index in [-0.39, 0.29) is 24.0 Å². The van der Waals surface area contributed by atoms with Crippen molar-refractivity contribution in [2.75, 3.05) is 20.8 Å². The monoisotopic (exact) mass is 482 g/mol. The predicted molar refractivity (Wildman–Crippen MR) is 127 cm³/mol. The fourth-order valence-corrected chi connectivity index (χ4v) is 4.50. The van der Waals surface area contributed by atoms with Gasteiger partial charge in [-0.25, -0.2) is 14.1 Å². The van der Waals surface area contributed by atoms with Crippen LogP contribution >= 0.6 is 11.3 Å². The molecule has 0 aliphatic carbocycles. The van der Waals surface area contributed by atoms with Crippen LogP contribution < -0.4 is 14.8 Å². The van der Waals surface area contributed by atoms with Crippen LogP contribution in [0.5, 0.6) is 11.5 Å². The standard InChI is InChI=1S/C24H23FN4O4S/c1-4-10-29-23(27-22(28-29)16-13-34-21-15(16)6-5-7-17(21)25)18(30)12-26-24(31)14-8-9-19(32-2)20(11-14)33-3/h5-9,11,13H,4,10,12H2,1-3H3,(H,26,31). The fourth-order valence-electron chi connectivity index (χ4n) is 3.54. The van der Waals surface area contributed by atoms with E-state index in [0.29, 0.717) is 45.1 Å². The Bertz CT molecular complexity index is 1360. The molecule has 10 heteroatoms. The van der Waals surface area contributed by atoms with Gasteiger partial charge < -0.3 is 14.8 Å². The van der Waals surface area contributed by atoms with Crippen molar-refractivity contribution in [3.05, 3.63) is 59.0 Å². The number of aromatic nitrogens is 3. The van der Waals surface area contributed by atoms with Crippen LogP contribution in [0.2, 0.25) is 0 Å². The van der Waals surface area contributed by atoms with Gasteiger partial charge in [-0.05, 0) is 30.7 Å². The summed E-state index contributed by atoms with van der Waals surface area (Å²) in [4.78, 5) is 30.0. The first-order valence-electron chi connectivity index (χ1n) is 10.6. The summed E-state index contributed by atoms with van der Waals surface area (Å²) in [5.41, 5.74) is 0.991. The topological polar surface area (TPSA) is 95.3 Å². The average Bonchev–Trinajstić information content (AvgIpc) is 3.47. The number of ether oxygens (including phenoxy) is 2. The molecule has 0 bridgehead atoms. The SMILES string of the molecule is CCCn1nc(-c2csc3c(F)cccc23)nc1C(=O)CNC(=O)c1ccc(OC)c(OC)c1. The molecule has 8 nitrogen and oxygen atoms in total. The number of hydrogen-bond acceptors (Lipinski definition) is 7. The lowest BCUT2D eigenvalue weighted by Gasteiger charge is -2.10. The maximum absolute atomic E-state index is 14.1. The highest BCUT2D eigenvalue weighted by Gasteiger charge is 2.21. The number of ketones is 1. The maximum Gasteiger partial charge on any atom is 0.251 e. The third-order valence-electron chi connectivity index (χ3n) is 5.20. The number of amides is 1. The maximum atomic E-state index is 14.1. The molecular weight excluding hydrogens is 459 g/mol. The molecule has 0 unspecified atom stereocenters. The molecule has 4 rings (SSSR count). The first kappa shape index (κ1) is 23.4. The molecule has 0 aliphatic rings. The Balaban J connectivity index is 1.55. The minimum Gasteiger partial charge on any atom is -0.493 e. The lowest BCUT2D eigenvalue weighted by atomic mass is 10.1. The molecule has 0 saturated heterocycles. The minimum absolute atomic E-state index is 0.139. The molecule has 1 amide bonds. The van der Waals surface area contributed by atoms with Gasteiger partial charge in [0.1, 0.15) is 5.82 Å². The second kappa shape index (κ2) is 10.0. The number of benzene rings is 2. The molecule has 0 fully saturated rings. The third kappa shape index (κ3) is 4.49. The molecule has 0 spiro atoms. The third-order valence-corrected chi connectivity index (χ3v) is 6.21. The van der Waals surface area contributed by atoms with E-state index in [9.17, 15) is 14.0 Å². The van der Waals surface area contributed by atoms with Crippen molar-refractivity contribution in [3.63, 3.8) is 0 Å². The van der Waals surface area contributed by atoms with Gasteiger partial charge in [-0.2, -0.15) is 5.10 Å². The van der Waals surface area contributed by atoms with Crippen LogP contribution in [0.1, 0.15) is 34.3 Å². The van der Waals surface area contributed by atoms with Crippen molar-refractivity contribution in [2.24, 2.45) is 0 Å². The van der Waals surface area contributed by atoms with Gasteiger partial charge in [-0.15, -0.1) is 11.3 Å². The number of Topliss-reactive ketones (excluding diaryl/α,β-unsaturated/α-hetero) is 1. The van der Waals surface area contributed by atoms with Crippen LogP contribution in [0.15, 0.2) is 41.8 Å². The Morgan fingerprint density at radius 3 is 2.68 bits per heavy atom. The highest BCUT2D eigenvalue weighted by atomic mass is 32.1. The first-order chi connectivity index (χ1) is 16.5. The van der Waals surface area contributed by atoms with Gasteiger partial charge in [0, 0.05) is 28.4 Å². The molecule has 4 aromatic rings. The number of rotatable bonds is 9. The molecule has 2 aromatic heterocycles. The number of methoxy groups -OCH3 is 2. The van der Waals surface area contributed by atoms with Crippen LogP contribution in [0.4, 0.5) is 4.39 Å². The van der Waals surface area contributed by atoms with Gasteiger partial charge in [0.05, 0.1) is 25.5 Å². The molecule has 2 heterocycles. The Hall–Kier alpha value is -3.79. The molecule has 0 aliphatic heterocycles. The van der Waals surface area contributed by atoms with Crippen LogP contribution in [0.25, 0.3) is 21.5 Å². The van der Waals surface area contributed by atoms with Crippen molar-refractivity contribution in [2.45, 2.75) is 19.9 Å². The van der Waals surface area contributed by atoms with Crippen molar-refractivity contribution >= 4 is 33.1 Å². The Labute approximate surface area is 199 Å². The molecule has 0 atom stereocenters. The number of carbonyl (C=O) groups is 2. The zero-order valence-corrected chi connectivity index (χ0v) is 19.7. The van der Waals surface area contributed by atoms with E-state index < -0.39 is 5.91 Å². The second-order valence-electron chi connectivity index (χ2n) is 7.42. The smallest absolute Gasteiger partial charge is 0.251 e. The van der Waals surface area contributed by atoms with Crippen LogP contribution in [0, 0.1) is 5.82 Å². The lowest BCUT2D eigenvalue weighted by Crippen LogP contribution is -2.31. The van der Waals surface area contributed by atoms with Crippen molar-refractivity contribution in [3.8, 4) is 22.9 Å². The summed E-state index contributed by atoms with van der Waals surface area (Å²) in [5, 5.41) is 9.60. The summed E-state index contributed by atoms with van der Waals surface area (Å²) in [5.74, 6) is 0.266. The number of fused-ring (bicyclic) bond motifs is 1. The summed E-state index contributed by atoms with van der Waals surface area (Å²) in [7, 11) is 2.98. The van der Waals surface area contributed by atoms with Crippen LogP contribution in [-0.4, -0.2) is 47.2 Å². The number of carbonyl (C=O) groups excluding carboxylic acids is 2. The highest BCUT2D eigenvalue weighted by molar-refractivity contribution is 7.17. The lowest BCUT2D eigenvalue weighted by molar-refractivity contribution is 0.0897. The van der Waals surface area contributed by atoms with Gasteiger partial charge >= 0.3 is 0 Å². The van der Waals surface area contributed by atoms with E-state index in [1.54, 1.807) is 29.6 Å². The van der Waals surface area contributed by atoms with Gasteiger partial charge in [-0.3, -0.25) is 9.59 Å². The van der Waals surface area contributed by atoms with E-state index in [4.69, 9.17) is 9.47 Å². The number of halogens is 1. The number of aryl methyl sites for hydroxylation is 1. The molecule has 34 heavy (non-hydrogen) atoms. The molecule has 176 valence electrons. The zero-order valence-electron chi connectivity index (χ0n) is 18.9. The van der Waals surface area contributed by atoms with Gasteiger partial charge in [0.15, 0.2) is 23.1 Å². The van der Waals surface area contributed by atoms with E-state index in [1.165, 1.54) is 42.4 Å². The second-order valence-corrected chi connectivity index (χ2v) is 8.30. The summed E-state index contributed by atoms with van der Waals surface area (Å²) in [6, 6.07) is 9.58. The largest absolute Gasteiger partial charge is 0.493 e. The Kier molecular flexibility index (Phi) is 6.87. The summed E-state index contributed by atoms with van der Waals surface area (Å²) in [6.45, 7) is 2.19. The molecule has 1 N–H and O–H groups in total. The number of nitrogens with zero attached hydrogens (tertiary/aromatic N) is 3. The molecule has 0 radical (unpaired) electrons. The number of hydrogen-bond donors (Lipinski definition) is 1. The quantitative estimate of drug-likeness (QED) is 0.357. The van der Waals surface area contributed by atoms with Crippen LogP contribution in [-0.2, 0) is 6.54 Å². The molecule has 2 aromatic carbocycles. The summed E-state index contributed by atoms with van der Waals surface area (Å²) in [6.07, 6.45) is 0.736. The normalized spacial score (nSPS) is 10.9. The van der Waals surface area contributed by atoms with Crippen molar-refractivity contribution < 1.29 is 23.5 Å². The van der Waals surface area contributed by atoms with E-state index in [1.807, 2.05) is 6.92 Å². The van der Waals surface area contributed by atoms with E-state index in [0.717, 1.165) is 6.42 Å². The number of nitrogens with one attached hydrogen (secondary N) is 1. The van der Waals surface area contributed by atoms with Crippen LogP contribution in [0.3, 0.4) is 0 Å². The predicted octanol–water partition coefficient (Wildman–Crippen LogP) is 4.34. The fraction of sp³-hybridized carbons (Fsp3) is 0.250. The molecular formula is C24H23FN4O4S. The highest BCUT2D eigenvalue weighted by Crippen LogP contribution is 2.34. The number of thiophene rings is 1. The van der Waals surface area contributed by atoms with Gasteiger partial charge in [0.2, 0.25) is 5.78 Å². The first-order valence-corrected chi connectivity index (χ1v) is 11.5. The van der Waals surface area contributed by atoms with Crippen molar-refractivity contribution in [1.82, 2.24) is 20.1 Å². The summed E-state index contributed by atoms with van der Waals surface area (Å²) >= 11 is 1.26. The minimum atomic E-state index is -0.435. The molecule has 0 saturated carbocycles.